The Balaban J connectivity index is 1.69. The molecule has 0 aliphatic rings. The fourth-order valence-electron chi connectivity index (χ4n) is 2.93. The van der Waals surface area contributed by atoms with Gasteiger partial charge < -0.3 is 19.6 Å². The van der Waals surface area contributed by atoms with Crippen molar-refractivity contribution in [2.45, 2.75) is 12.7 Å². The maximum absolute atomic E-state index is 12.9. The second-order valence-corrected chi connectivity index (χ2v) is 6.11. The molecule has 0 bridgehead atoms. The minimum atomic E-state index is -4.40. The molecule has 0 atom stereocenters. The molecule has 3 aromatic heterocycles. The summed E-state index contributed by atoms with van der Waals surface area (Å²) in [6.07, 6.45) is -1.24. The summed E-state index contributed by atoms with van der Waals surface area (Å²) < 4.78 is 46.1. The summed E-state index contributed by atoms with van der Waals surface area (Å²) in [6.45, 7) is 0.451. The first-order chi connectivity index (χ1) is 13.4. The Morgan fingerprint density at radius 2 is 2.00 bits per heavy atom. The molecule has 9 heteroatoms. The second-order valence-electron chi connectivity index (χ2n) is 6.11. The van der Waals surface area contributed by atoms with Gasteiger partial charge in [0.1, 0.15) is 17.1 Å². The Bertz CT molecular complexity index is 1100. The third-order valence-corrected chi connectivity index (χ3v) is 4.21. The predicted octanol–water partition coefficient (Wildman–Crippen LogP) is 4.88. The number of nitrogens with one attached hydrogen (secondary N) is 2. The number of imidazole rings is 1. The third kappa shape index (κ3) is 3.51. The zero-order valence-electron chi connectivity index (χ0n) is 14.8. The van der Waals surface area contributed by atoms with E-state index in [0.29, 0.717) is 29.5 Å². The van der Waals surface area contributed by atoms with E-state index in [9.17, 15) is 13.2 Å². The van der Waals surface area contributed by atoms with Gasteiger partial charge in [0, 0.05) is 18.8 Å². The third-order valence-electron chi connectivity index (χ3n) is 4.21. The van der Waals surface area contributed by atoms with Gasteiger partial charge in [0.05, 0.1) is 30.1 Å². The van der Waals surface area contributed by atoms with Crippen molar-refractivity contribution in [3.05, 3.63) is 66.2 Å². The van der Waals surface area contributed by atoms with E-state index in [4.69, 9.17) is 4.42 Å². The maximum Gasteiger partial charge on any atom is 0.416 e. The van der Waals surface area contributed by atoms with E-state index < -0.39 is 11.7 Å². The fourth-order valence-corrected chi connectivity index (χ4v) is 2.93. The number of pyridine rings is 1. The fraction of sp³-hybridized carbons (Fsp3) is 0.158. The van der Waals surface area contributed by atoms with E-state index in [1.807, 2.05) is 10.6 Å². The van der Waals surface area contributed by atoms with Crippen LogP contribution >= 0.6 is 0 Å². The van der Waals surface area contributed by atoms with Crippen molar-refractivity contribution < 1.29 is 17.6 Å². The first-order valence-electron chi connectivity index (χ1n) is 8.45. The molecule has 28 heavy (non-hydrogen) atoms. The van der Waals surface area contributed by atoms with Crippen LogP contribution in [0.25, 0.3) is 11.0 Å². The number of hydrogen-bond acceptors (Lipinski definition) is 5. The highest BCUT2D eigenvalue weighted by Crippen LogP contribution is 2.31. The number of aromatic nitrogens is 3. The first kappa shape index (κ1) is 17.9. The zero-order chi connectivity index (χ0) is 19.7. The molecule has 2 N–H and O–H groups in total. The van der Waals surface area contributed by atoms with Crippen LogP contribution in [0.3, 0.4) is 0 Å². The summed E-state index contributed by atoms with van der Waals surface area (Å²) in [7, 11) is 1.76. The van der Waals surface area contributed by atoms with Gasteiger partial charge in [-0.2, -0.15) is 13.2 Å². The highest BCUT2D eigenvalue weighted by molar-refractivity contribution is 5.81. The maximum atomic E-state index is 12.9. The lowest BCUT2D eigenvalue weighted by Crippen LogP contribution is -2.06. The number of furan rings is 1. The number of alkyl halides is 3. The van der Waals surface area contributed by atoms with Crippen molar-refractivity contribution >= 4 is 28.5 Å². The molecule has 0 radical (unpaired) electrons. The van der Waals surface area contributed by atoms with Crippen LogP contribution in [0.1, 0.15) is 11.3 Å². The van der Waals surface area contributed by atoms with Gasteiger partial charge >= 0.3 is 6.18 Å². The van der Waals surface area contributed by atoms with Crippen molar-refractivity contribution in [1.29, 1.82) is 0 Å². The summed E-state index contributed by atoms with van der Waals surface area (Å²) in [4.78, 5) is 8.74. The predicted molar refractivity (Wildman–Crippen MR) is 99.6 cm³/mol. The van der Waals surface area contributed by atoms with Crippen LogP contribution in [0.5, 0.6) is 0 Å². The van der Waals surface area contributed by atoms with Crippen LogP contribution in [0.4, 0.5) is 30.6 Å². The van der Waals surface area contributed by atoms with Gasteiger partial charge in [-0.05, 0) is 30.3 Å². The van der Waals surface area contributed by atoms with Gasteiger partial charge in [-0.1, -0.05) is 6.07 Å². The van der Waals surface area contributed by atoms with Gasteiger partial charge in [0.25, 0.3) is 0 Å². The minimum absolute atomic E-state index is 0.299. The quantitative estimate of drug-likeness (QED) is 0.511. The summed E-state index contributed by atoms with van der Waals surface area (Å²) >= 11 is 0. The van der Waals surface area contributed by atoms with E-state index in [2.05, 4.69) is 20.6 Å². The van der Waals surface area contributed by atoms with Gasteiger partial charge in [0.15, 0.2) is 0 Å². The standard InChI is InChI=1S/C19H16F3N5O/c1-23-18-26-15-10-24-17(9-16(15)27(18)11-14-6-3-7-28-14)25-13-5-2-4-12(8-13)19(20,21)22/h2-10H,11H2,1H3,(H,23,26)(H,24,25). The molecule has 144 valence electrons. The topological polar surface area (TPSA) is 67.9 Å². The Labute approximate surface area is 158 Å². The molecule has 0 unspecified atom stereocenters. The average molecular weight is 387 g/mol. The largest absolute Gasteiger partial charge is 0.467 e. The molecule has 3 heterocycles. The smallest absolute Gasteiger partial charge is 0.416 e. The molecule has 0 aliphatic carbocycles. The van der Waals surface area contributed by atoms with Crippen molar-refractivity contribution in [2.24, 2.45) is 0 Å². The van der Waals surface area contributed by atoms with E-state index in [1.165, 1.54) is 6.07 Å². The highest BCUT2D eigenvalue weighted by Gasteiger charge is 2.30. The Kier molecular flexibility index (Phi) is 4.42. The van der Waals surface area contributed by atoms with E-state index in [0.717, 1.165) is 23.4 Å². The number of nitrogens with zero attached hydrogens (tertiary/aromatic N) is 3. The molecule has 0 fully saturated rings. The molecule has 4 aromatic rings. The van der Waals surface area contributed by atoms with Crippen LogP contribution < -0.4 is 10.6 Å². The van der Waals surface area contributed by atoms with Crippen LogP contribution in [0.2, 0.25) is 0 Å². The number of hydrogen-bond donors (Lipinski definition) is 2. The summed E-state index contributed by atoms with van der Waals surface area (Å²) in [5, 5.41) is 5.95. The summed E-state index contributed by atoms with van der Waals surface area (Å²) in [5.74, 6) is 1.79. The monoisotopic (exact) mass is 387 g/mol. The minimum Gasteiger partial charge on any atom is -0.467 e. The van der Waals surface area contributed by atoms with E-state index >= 15 is 0 Å². The zero-order valence-corrected chi connectivity index (χ0v) is 14.8. The highest BCUT2D eigenvalue weighted by atomic mass is 19.4. The van der Waals surface area contributed by atoms with Gasteiger partial charge in [-0.3, -0.25) is 0 Å². The van der Waals surface area contributed by atoms with Crippen LogP contribution in [-0.2, 0) is 12.7 Å². The molecule has 6 nitrogen and oxygen atoms in total. The number of fused-ring (bicyclic) bond motifs is 1. The summed E-state index contributed by atoms with van der Waals surface area (Å²) in [6, 6.07) is 10.4. The Morgan fingerprint density at radius 3 is 2.71 bits per heavy atom. The molecule has 1 aromatic carbocycles. The van der Waals surface area contributed by atoms with Crippen LogP contribution in [0, 0.1) is 0 Å². The lowest BCUT2D eigenvalue weighted by Gasteiger charge is -2.11. The van der Waals surface area contributed by atoms with Gasteiger partial charge in [-0.25, -0.2) is 9.97 Å². The lowest BCUT2D eigenvalue weighted by atomic mass is 10.2. The molecular weight excluding hydrogens is 371 g/mol. The van der Waals surface area contributed by atoms with Crippen molar-refractivity contribution in [3.63, 3.8) is 0 Å². The number of rotatable bonds is 5. The molecule has 0 spiro atoms. The van der Waals surface area contributed by atoms with Gasteiger partial charge in [0.2, 0.25) is 5.95 Å². The second kappa shape index (κ2) is 6.91. The molecule has 4 rings (SSSR count). The average Bonchev–Trinajstić information content (AvgIpc) is 3.30. The molecular formula is C19H16F3N5O. The lowest BCUT2D eigenvalue weighted by molar-refractivity contribution is -0.137. The van der Waals surface area contributed by atoms with Crippen molar-refractivity contribution in [1.82, 2.24) is 14.5 Å². The number of benzene rings is 1. The van der Waals surface area contributed by atoms with E-state index in [-0.39, 0.29) is 0 Å². The number of halogens is 3. The van der Waals surface area contributed by atoms with E-state index in [1.54, 1.807) is 37.7 Å². The summed E-state index contributed by atoms with van der Waals surface area (Å²) in [5.41, 5.74) is 1.00. The Morgan fingerprint density at radius 1 is 1.14 bits per heavy atom. The normalized spacial score (nSPS) is 11.7. The van der Waals surface area contributed by atoms with Crippen molar-refractivity contribution in [2.75, 3.05) is 17.7 Å². The molecule has 0 saturated carbocycles. The van der Waals surface area contributed by atoms with Gasteiger partial charge in [-0.15, -0.1) is 0 Å². The SMILES string of the molecule is CNc1nc2cnc(Nc3cccc(C(F)(F)F)c3)cc2n1Cc1ccco1. The van der Waals surface area contributed by atoms with Crippen LogP contribution in [0.15, 0.2) is 59.3 Å². The molecule has 0 saturated heterocycles. The van der Waals surface area contributed by atoms with Crippen molar-refractivity contribution in [3.8, 4) is 0 Å². The first-order valence-corrected chi connectivity index (χ1v) is 8.45. The van der Waals surface area contributed by atoms with Crippen LogP contribution in [-0.4, -0.2) is 21.6 Å². The number of anilines is 3. The molecule has 0 aliphatic heterocycles. The Hall–Kier alpha value is -3.49. The molecule has 0 amide bonds.